The van der Waals surface area contributed by atoms with Gasteiger partial charge in [0.25, 0.3) is 5.56 Å². The summed E-state index contributed by atoms with van der Waals surface area (Å²) in [5, 5.41) is 18.2. The summed E-state index contributed by atoms with van der Waals surface area (Å²) in [6, 6.07) is 9.52. The van der Waals surface area contributed by atoms with Crippen molar-refractivity contribution in [2.24, 2.45) is 7.05 Å². The average molecular weight is 438 g/mol. The van der Waals surface area contributed by atoms with E-state index in [9.17, 15) is 10.1 Å². The Hall–Kier alpha value is -3.55. The van der Waals surface area contributed by atoms with Gasteiger partial charge in [0.2, 0.25) is 5.89 Å². The molecule has 0 aliphatic carbocycles. The molecule has 0 saturated carbocycles. The molecule has 0 radical (unpaired) electrons. The van der Waals surface area contributed by atoms with Gasteiger partial charge in [-0.3, -0.25) is 4.79 Å². The molecule has 0 spiro atoms. The molecule has 0 N–H and O–H groups in total. The van der Waals surface area contributed by atoms with Gasteiger partial charge in [-0.1, -0.05) is 28.9 Å². The van der Waals surface area contributed by atoms with E-state index in [-0.39, 0.29) is 41.2 Å². The molecule has 0 amide bonds. The maximum Gasteiger partial charge on any atom is 0.293 e. The Balaban J connectivity index is 1.37. The van der Waals surface area contributed by atoms with Gasteiger partial charge in [0.15, 0.2) is 11.5 Å². The number of aromatic nitrogens is 6. The molecule has 31 heavy (non-hydrogen) atoms. The predicted octanol–water partition coefficient (Wildman–Crippen LogP) is 2.33. The lowest BCUT2D eigenvalue weighted by molar-refractivity contribution is 0.110. The van der Waals surface area contributed by atoms with Gasteiger partial charge in [0, 0.05) is 18.0 Å². The Kier molecular flexibility index (Phi) is 4.77. The standard InChI is InChI=1S/C20H16ClN7O3/c1-27-10-23-17-14(7-22)25-28(20(29)18(17)27)8-16-24-19(26-31-16)12-6-15(30-9-12)11-2-4-13(21)5-3-11/h2-5,10,12,15H,6,8-9H2,1H3/t12-,15+/m0/s1. The van der Waals surface area contributed by atoms with E-state index >= 15 is 0 Å². The molecule has 0 bridgehead atoms. The van der Waals surface area contributed by atoms with Gasteiger partial charge in [-0.05, 0) is 24.1 Å². The van der Waals surface area contributed by atoms with E-state index in [2.05, 4.69) is 20.2 Å². The van der Waals surface area contributed by atoms with E-state index in [1.54, 1.807) is 11.6 Å². The topological polar surface area (TPSA) is 125 Å². The second-order valence-corrected chi connectivity index (χ2v) is 7.76. The van der Waals surface area contributed by atoms with E-state index in [0.717, 1.165) is 10.2 Å². The normalized spacial score (nSPS) is 18.5. The summed E-state index contributed by atoms with van der Waals surface area (Å²) >= 11 is 5.95. The van der Waals surface area contributed by atoms with Crippen LogP contribution in [0.3, 0.4) is 0 Å². The van der Waals surface area contributed by atoms with Crippen molar-refractivity contribution in [1.82, 2.24) is 29.5 Å². The highest BCUT2D eigenvalue weighted by atomic mass is 35.5. The minimum Gasteiger partial charge on any atom is -0.373 e. The lowest BCUT2D eigenvalue weighted by atomic mass is 10.0. The molecule has 3 aromatic heterocycles. The van der Waals surface area contributed by atoms with Crippen molar-refractivity contribution in [3.8, 4) is 6.07 Å². The van der Waals surface area contributed by atoms with Gasteiger partial charge in [-0.25, -0.2) is 9.67 Å². The molecule has 1 aliphatic rings. The van der Waals surface area contributed by atoms with Gasteiger partial charge in [0.05, 0.1) is 19.0 Å². The summed E-state index contributed by atoms with van der Waals surface area (Å²) in [5.74, 6) is 0.712. The first kappa shape index (κ1) is 19.4. The molecule has 1 saturated heterocycles. The fraction of sp³-hybridized carbons (Fsp3) is 0.300. The molecule has 5 rings (SSSR count). The van der Waals surface area contributed by atoms with Crippen LogP contribution in [0, 0.1) is 11.3 Å². The molecule has 11 heteroatoms. The quantitative estimate of drug-likeness (QED) is 0.476. The number of halogens is 1. The Labute approximate surface area is 180 Å². The van der Waals surface area contributed by atoms with E-state index in [0.29, 0.717) is 29.4 Å². The Morgan fingerprint density at radius 1 is 1.32 bits per heavy atom. The number of fused-ring (bicyclic) bond motifs is 1. The van der Waals surface area contributed by atoms with Crippen molar-refractivity contribution < 1.29 is 9.26 Å². The zero-order chi connectivity index (χ0) is 21.5. The van der Waals surface area contributed by atoms with E-state index in [1.165, 1.54) is 6.33 Å². The summed E-state index contributed by atoms with van der Waals surface area (Å²) in [6.45, 7) is 0.417. The Morgan fingerprint density at radius 3 is 2.90 bits per heavy atom. The number of nitriles is 1. The van der Waals surface area contributed by atoms with Crippen LogP contribution in [0.2, 0.25) is 5.02 Å². The molecule has 156 valence electrons. The Morgan fingerprint density at radius 2 is 2.13 bits per heavy atom. The van der Waals surface area contributed by atoms with Crippen LogP contribution in [0.15, 0.2) is 39.9 Å². The number of imidazole rings is 1. The molecule has 2 atom stereocenters. The molecular formula is C20H16ClN7O3. The van der Waals surface area contributed by atoms with Crippen LogP contribution in [-0.2, 0) is 18.3 Å². The molecule has 1 aromatic carbocycles. The third-order valence-electron chi connectivity index (χ3n) is 5.30. The van der Waals surface area contributed by atoms with Crippen molar-refractivity contribution in [3.63, 3.8) is 0 Å². The largest absolute Gasteiger partial charge is 0.373 e. The number of hydrogen-bond acceptors (Lipinski definition) is 8. The van der Waals surface area contributed by atoms with Gasteiger partial charge in [-0.2, -0.15) is 15.3 Å². The molecule has 4 heterocycles. The SMILES string of the molecule is Cn1cnc2c(C#N)nn(Cc3nc([C@@H]4CO[C@@H](c5ccc(Cl)cc5)C4)no3)c(=O)c21. The lowest BCUT2D eigenvalue weighted by Crippen LogP contribution is -2.26. The van der Waals surface area contributed by atoms with Gasteiger partial charge in [-0.15, -0.1) is 0 Å². The third kappa shape index (κ3) is 3.48. The number of aryl methyl sites for hydroxylation is 1. The molecule has 0 unspecified atom stereocenters. The highest BCUT2D eigenvalue weighted by Crippen LogP contribution is 2.37. The van der Waals surface area contributed by atoms with Crippen molar-refractivity contribution in [3.05, 3.63) is 68.9 Å². The zero-order valence-electron chi connectivity index (χ0n) is 16.4. The zero-order valence-corrected chi connectivity index (χ0v) is 17.2. The molecule has 4 aromatic rings. The number of ether oxygens (including phenoxy) is 1. The van der Waals surface area contributed by atoms with Crippen molar-refractivity contribution in [2.75, 3.05) is 6.61 Å². The van der Waals surface area contributed by atoms with Crippen LogP contribution >= 0.6 is 11.6 Å². The minimum absolute atomic E-state index is 0.0305. The highest BCUT2D eigenvalue weighted by Gasteiger charge is 2.31. The van der Waals surface area contributed by atoms with E-state index < -0.39 is 0 Å². The van der Waals surface area contributed by atoms with Crippen LogP contribution in [0.25, 0.3) is 11.0 Å². The summed E-state index contributed by atoms with van der Waals surface area (Å²) in [7, 11) is 1.68. The number of benzene rings is 1. The summed E-state index contributed by atoms with van der Waals surface area (Å²) in [5.41, 5.74) is 1.28. The molecule has 1 fully saturated rings. The maximum atomic E-state index is 12.8. The van der Waals surface area contributed by atoms with Crippen molar-refractivity contribution >= 4 is 22.6 Å². The first-order valence-electron chi connectivity index (χ1n) is 9.55. The second-order valence-electron chi connectivity index (χ2n) is 7.33. The van der Waals surface area contributed by atoms with Gasteiger partial charge < -0.3 is 13.8 Å². The first-order chi connectivity index (χ1) is 15.0. The average Bonchev–Trinajstić information content (AvgIpc) is 3.51. The fourth-order valence-electron chi connectivity index (χ4n) is 3.72. The van der Waals surface area contributed by atoms with Crippen LogP contribution < -0.4 is 5.56 Å². The summed E-state index contributed by atoms with van der Waals surface area (Å²) in [4.78, 5) is 21.3. The Bertz CT molecular complexity index is 1370. The van der Waals surface area contributed by atoms with Crippen LogP contribution in [0.4, 0.5) is 0 Å². The third-order valence-corrected chi connectivity index (χ3v) is 5.55. The van der Waals surface area contributed by atoms with Gasteiger partial charge in [0.1, 0.15) is 23.6 Å². The second kappa shape index (κ2) is 7.61. The monoisotopic (exact) mass is 437 g/mol. The maximum absolute atomic E-state index is 12.8. The smallest absolute Gasteiger partial charge is 0.293 e. The van der Waals surface area contributed by atoms with Crippen LogP contribution in [0.5, 0.6) is 0 Å². The highest BCUT2D eigenvalue weighted by molar-refractivity contribution is 6.30. The number of hydrogen-bond donors (Lipinski definition) is 0. The number of nitrogens with zero attached hydrogens (tertiary/aromatic N) is 7. The summed E-state index contributed by atoms with van der Waals surface area (Å²) < 4.78 is 13.9. The minimum atomic E-state index is -0.388. The van der Waals surface area contributed by atoms with Crippen molar-refractivity contribution in [2.45, 2.75) is 25.0 Å². The van der Waals surface area contributed by atoms with Crippen molar-refractivity contribution in [1.29, 1.82) is 5.26 Å². The number of rotatable bonds is 4. The molecular weight excluding hydrogens is 422 g/mol. The molecule has 10 nitrogen and oxygen atoms in total. The summed E-state index contributed by atoms with van der Waals surface area (Å²) in [6.07, 6.45) is 2.11. The fourth-order valence-corrected chi connectivity index (χ4v) is 3.84. The predicted molar refractivity (Wildman–Crippen MR) is 108 cm³/mol. The molecule has 1 aliphatic heterocycles. The first-order valence-corrected chi connectivity index (χ1v) is 9.93. The lowest BCUT2D eigenvalue weighted by Gasteiger charge is -2.09. The van der Waals surface area contributed by atoms with Crippen LogP contribution in [-0.4, -0.2) is 36.1 Å². The van der Waals surface area contributed by atoms with Crippen LogP contribution in [0.1, 0.15) is 41.4 Å². The van der Waals surface area contributed by atoms with E-state index in [4.69, 9.17) is 20.9 Å². The van der Waals surface area contributed by atoms with E-state index in [1.807, 2.05) is 30.3 Å². The van der Waals surface area contributed by atoms with Gasteiger partial charge >= 0.3 is 0 Å².